The second-order valence-corrected chi connectivity index (χ2v) is 3.75. The molecular formula is C14H12N2. The molecule has 0 N–H and O–H groups in total. The molecule has 16 heavy (non-hydrogen) atoms. The van der Waals surface area contributed by atoms with Gasteiger partial charge in [0.2, 0.25) is 0 Å². The number of hydrogen-bond donors (Lipinski definition) is 0. The van der Waals surface area contributed by atoms with Crippen LogP contribution < -0.4 is 0 Å². The van der Waals surface area contributed by atoms with Crippen molar-refractivity contribution in [2.75, 3.05) is 0 Å². The van der Waals surface area contributed by atoms with Gasteiger partial charge < -0.3 is 0 Å². The van der Waals surface area contributed by atoms with E-state index >= 15 is 0 Å². The number of nitrogens with zero attached hydrogens (tertiary/aromatic N) is 2. The van der Waals surface area contributed by atoms with Gasteiger partial charge in [-0.25, -0.2) is 0 Å². The van der Waals surface area contributed by atoms with E-state index in [-0.39, 0.29) is 0 Å². The topological polar surface area (TPSA) is 36.7 Å². The van der Waals surface area contributed by atoms with E-state index in [0.29, 0.717) is 6.42 Å². The average Bonchev–Trinajstić information content (AvgIpc) is 2.30. The number of aryl methyl sites for hydroxylation is 1. The lowest BCUT2D eigenvalue weighted by molar-refractivity contribution is 1.21. The highest BCUT2D eigenvalue weighted by molar-refractivity contribution is 5.60. The molecule has 2 aromatic rings. The summed E-state index contributed by atoms with van der Waals surface area (Å²) in [5.74, 6) is 0. The lowest BCUT2D eigenvalue weighted by Gasteiger charge is -2.03. The third-order valence-corrected chi connectivity index (χ3v) is 2.42. The molecule has 0 radical (unpaired) electrons. The van der Waals surface area contributed by atoms with E-state index in [1.54, 1.807) is 6.20 Å². The van der Waals surface area contributed by atoms with Crippen LogP contribution in [0.15, 0.2) is 42.6 Å². The van der Waals surface area contributed by atoms with Crippen LogP contribution in [0.4, 0.5) is 0 Å². The van der Waals surface area contributed by atoms with Gasteiger partial charge in [0, 0.05) is 11.8 Å². The van der Waals surface area contributed by atoms with Crippen molar-refractivity contribution in [3.63, 3.8) is 0 Å². The van der Waals surface area contributed by atoms with Gasteiger partial charge in [-0.2, -0.15) is 5.26 Å². The van der Waals surface area contributed by atoms with Crippen molar-refractivity contribution in [3.8, 4) is 17.3 Å². The quantitative estimate of drug-likeness (QED) is 0.760. The number of benzene rings is 1. The zero-order valence-corrected chi connectivity index (χ0v) is 9.14. The highest BCUT2D eigenvalue weighted by atomic mass is 14.7. The monoisotopic (exact) mass is 208 g/mol. The van der Waals surface area contributed by atoms with Crippen LogP contribution in [0.2, 0.25) is 0 Å². The van der Waals surface area contributed by atoms with Crippen molar-refractivity contribution < 1.29 is 0 Å². The Balaban J connectivity index is 2.41. The Kier molecular flexibility index (Phi) is 2.98. The summed E-state index contributed by atoms with van der Waals surface area (Å²) < 4.78 is 0. The molecule has 0 unspecified atom stereocenters. The molecule has 2 rings (SSSR count). The van der Waals surface area contributed by atoms with Crippen LogP contribution in [0.25, 0.3) is 11.3 Å². The molecule has 0 atom stereocenters. The third kappa shape index (κ3) is 2.26. The summed E-state index contributed by atoms with van der Waals surface area (Å²) in [6, 6.07) is 14.2. The van der Waals surface area contributed by atoms with Crippen molar-refractivity contribution in [2.45, 2.75) is 13.3 Å². The predicted molar refractivity (Wildman–Crippen MR) is 63.7 cm³/mol. The first-order valence-electron chi connectivity index (χ1n) is 5.18. The fraction of sp³-hybridized carbons (Fsp3) is 0.143. The molecule has 2 nitrogen and oxygen atoms in total. The Labute approximate surface area is 95.2 Å². The largest absolute Gasteiger partial charge is 0.256 e. The van der Waals surface area contributed by atoms with E-state index in [1.807, 2.05) is 24.3 Å². The summed E-state index contributed by atoms with van der Waals surface area (Å²) in [5, 5.41) is 8.65. The number of pyridine rings is 1. The van der Waals surface area contributed by atoms with E-state index in [2.05, 4.69) is 30.1 Å². The Hall–Kier alpha value is -2.14. The van der Waals surface area contributed by atoms with Crippen molar-refractivity contribution >= 4 is 0 Å². The molecule has 0 fully saturated rings. The van der Waals surface area contributed by atoms with Gasteiger partial charge in [0.1, 0.15) is 0 Å². The van der Waals surface area contributed by atoms with Crippen LogP contribution in [0.1, 0.15) is 11.1 Å². The molecule has 1 aromatic carbocycles. The van der Waals surface area contributed by atoms with Gasteiger partial charge in [0.15, 0.2) is 0 Å². The zero-order chi connectivity index (χ0) is 11.4. The highest BCUT2D eigenvalue weighted by Gasteiger charge is 2.00. The first-order valence-corrected chi connectivity index (χ1v) is 5.18. The first kappa shape index (κ1) is 10.4. The number of aromatic nitrogens is 1. The van der Waals surface area contributed by atoms with E-state index in [9.17, 15) is 0 Å². The van der Waals surface area contributed by atoms with Crippen LogP contribution in [0.3, 0.4) is 0 Å². The van der Waals surface area contributed by atoms with Gasteiger partial charge >= 0.3 is 0 Å². The summed E-state index contributed by atoms with van der Waals surface area (Å²) in [6.07, 6.45) is 2.19. The molecule has 0 amide bonds. The smallest absolute Gasteiger partial charge is 0.0705 e. The van der Waals surface area contributed by atoms with E-state index in [0.717, 1.165) is 16.8 Å². The van der Waals surface area contributed by atoms with Crippen LogP contribution in [0, 0.1) is 18.3 Å². The van der Waals surface area contributed by atoms with E-state index in [1.165, 1.54) is 5.56 Å². The number of nitriles is 1. The first-order chi connectivity index (χ1) is 7.79. The van der Waals surface area contributed by atoms with Gasteiger partial charge in [-0.15, -0.1) is 0 Å². The van der Waals surface area contributed by atoms with Gasteiger partial charge in [-0.05, 0) is 30.7 Å². The zero-order valence-electron chi connectivity index (χ0n) is 9.14. The lowest BCUT2D eigenvalue weighted by atomic mass is 10.1. The summed E-state index contributed by atoms with van der Waals surface area (Å²) in [6.45, 7) is 2.06. The van der Waals surface area contributed by atoms with Crippen LogP contribution >= 0.6 is 0 Å². The molecule has 1 heterocycles. The Bertz CT molecular complexity index is 538. The van der Waals surface area contributed by atoms with Crippen LogP contribution in [0.5, 0.6) is 0 Å². The SMILES string of the molecule is Cc1cccc(-c2cc(CC#N)ccn2)c1. The van der Waals surface area contributed by atoms with E-state index < -0.39 is 0 Å². The fourth-order valence-electron chi connectivity index (χ4n) is 1.64. The minimum Gasteiger partial charge on any atom is -0.256 e. The Morgan fingerprint density at radius 2 is 2.12 bits per heavy atom. The maximum absolute atomic E-state index is 8.65. The predicted octanol–water partition coefficient (Wildman–Crippen LogP) is 3.12. The van der Waals surface area contributed by atoms with Crippen LogP contribution in [-0.2, 0) is 6.42 Å². The Morgan fingerprint density at radius 1 is 1.25 bits per heavy atom. The normalized spacial score (nSPS) is 9.75. The van der Waals surface area contributed by atoms with Crippen molar-refractivity contribution in [3.05, 3.63) is 53.7 Å². The molecule has 1 aromatic heterocycles. The molecule has 78 valence electrons. The van der Waals surface area contributed by atoms with E-state index in [4.69, 9.17) is 5.26 Å². The summed E-state index contributed by atoms with van der Waals surface area (Å²) in [7, 11) is 0. The molecule has 2 heteroatoms. The molecular weight excluding hydrogens is 196 g/mol. The molecule has 0 aliphatic rings. The summed E-state index contributed by atoms with van der Waals surface area (Å²) in [5.41, 5.74) is 4.25. The third-order valence-electron chi connectivity index (χ3n) is 2.42. The minimum atomic E-state index is 0.432. The number of hydrogen-bond acceptors (Lipinski definition) is 2. The second kappa shape index (κ2) is 4.59. The van der Waals surface area contributed by atoms with Gasteiger partial charge in [-0.3, -0.25) is 4.98 Å². The highest BCUT2D eigenvalue weighted by Crippen LogP contribution is 2.18. The van der Waals surface area contributed by atoms with Crippen molar-refractivity contribution in [1.29, 1.82) is 5.26 Å². The molecule has 0 saturated carbocycles. The van der Waals surface area contributed by atoms with Crippen molar-refractivity contribution in [2.24, 2.45) is 0 Å². The molecule has 0 spiro atoms. The maximum atomic E-state index is 8.65. The lowest BCUT2D eigenvalue weighted by Crippen LogP contribution is -1.87. The maximum Gasteiger partial charge on any atom is 0.0705 e. The molecule has 0 aliphatic heterocycles. The molecule has 0 aliphatic carbocycles. The summed E-state index contributed by atoms with van der Waals surface area (Å²) in [4.78, 5) is 4.32. The van der Waals surface area contributed by atoms with Gasteiger partial charge in [0.05, 0.1) is 18.2 Å². The van der Waals surface area contributed by atoms with Gasteiger partial charge in [-0.1, -0.05) is 23.8 Å². The minimum absolute atomic E-state index is 0.432. The second-order valence-electron chi connectivity index (χ2n) is 3.75. The van der Waals surface area contributed by atoms with Gasteiger partial charge in [0.25, 0.3) is 0 Å². The number of rotatable bonds is 2. The van der Waals surface area contributed by atoms with Crippen molar-refractivity contribution in [1.82, 2.24) is 4.98 Å². The summed E-state index contributed by atoms with van der Waals surface area (Å²) >= 11 is 0. The molecule has 0 bridgehead atoms. The average molecular weight is 208 g/mol. The molecule has 0 saturated heterocycles. The Morgan fingerprint density at radius 3 is 2.88 bits per heavy atom. The van der Waals surface area contributed by atoms with Crippen LogP contribution in [-0.4, -0.2) is 4.98 Å². The standard InChI is InChI=1S/C14H12N2/c1-11-3-2-4-13(9-11)14-10-12(5-7-15)6-8-16-14/h2-4,6,8-10H,5H2,1H3. The fourth-order valence-corrected chi connectivity index (χ4v) is 1.64.